The number of carbonyl (C=O) groups excluding carboxylic acids is 1. The summed E-state index contributed by atoms with van der Waals surface area (Å²) in [6, 6.07) is 5.59. The molecule has 1 aliphatic rings. The number of imidazole rings is 1. The van der Waals surface area contributed by atoms with Gasteiger partial charge in [0, 0.05) is 23.6 Å². The molecular weight excluding hydrogens is 382 g/mol. The Morgan fingerprint density at radius 1 is 1.47 bits per heavy atom. The molecular formula is C22H27N5O3. The van der Waals surface area contributed by atoms with Gasteiger partial charge in [-0.3, -0.25) is 0 Å². The number of benzene rings is 1. The van der Waals surface area contributed by atoms with Gasteiger partial charge in [-0.1, -0.05) is 6.58 Å². The lowest BCUT2D eigenvalue weighted by molar-refractivity contribution is -0.134. The summed E-state index contributed by atoms with van der Waals surface area (Å²) >= 11 is 0. The smallest absolute Gasteiger partial charge is 0.357 e. The van der Waals surface area contributed by atoms with Gasteiger partial charge in [0.25, 0.3) is 0 Å². The van der Waals surface area contributed by atoms with Crippen LogP contribution in [0.15, 0.2) is 59.9 Å². The van der Waals surface area contributed by atoms with Gasteiger partial charge in [-0.15, -0.1) is 0 Å². The third-order valence-corrected chi connectivity index (χ3v) is 4.55. The van der Waals surface area contributed by atoms with E-state index in [1.165, 1.54) is 0 Å². The number of nitrogens with two attached hydrogens (primary N) is 1. The van der Waals surface area contributed by atoms with Crippen molar-refractivity contribution in [3.63, 3.8) is 0 Å². The molecule has 1 fully saturated rings. The number of allylic oxidation sites excluding steroid dienone is 1. The zero-order valence-corrected chi connectivity index (χ0v) is 17.5. The van der Waals surface area contributed by atoms with E-state index in [0.717, 1.165) is 24.2 Å². The molecule has 0 bridgehead atoms. The number of ether oxygens (including phenoxy) is 2. The van der Waals surface area contributed by atoms with Gasteiger partial charge in [0.15, 0.2) is 5.71 Å². The third kappa shape index (κ3) is 5.28. The van der Waals surface area contributed by atoms with Crippen LogP contribution in [0, 0.1) is 12.8 Å². The van der Waals surface area contributed by atoms with Crippen LogP contribution in [-0.4, -0.2) is 34.9 Å². The van der Waals surface area contributed by atoms with E-state index in [-0.39, 0.29) is 18.1 Å². The summed E-state index contributed by atoms with van der Waals surface area (Å²) in [6.07, 6.45) is 7.27. The van der Waals surface area contributed by atoms with Crippen LogP contribution in [0.5, 0.6) is 5.75 Å². The molecule has 0 unspecified atom stereocenters. The van der Waals surface area contributed by atoms with E-state index in [9.17, 15) is 4.79 Å². The van der Waals surface area contributed by atoms with Crippen molar-refractivity contribution in [2.75, 3.05) is 19.0 Å². The van der Waals surface area contributed by atoms with Crippen LogP contribution >= 0.6 is 0 Å². The van der Waals surface area contributed by atoms with Gasteiger partial charge in [-0.2, -0.15) is 0 Å². The molecule has 0 saturated heterocycles. The SMILES string of the molecule is C=C(N=C(/C=C(\N)C1CC1)C(=O)OCC)Nc1ccc(-n2cnc(C)c2)c(OC)c1. The maximum atomic E-state index is 12.3. The number of esters is 1. The predicted octanol–water partition coefficient (Wildman–Crippen LogP) is 3.33. The maximum Gasteiger partial charge on any atom is 0.357 e. The van der Waals surface area contributed by atoms with E-state index in [4.69, 9.17) is 15.2 Å². The van der Waals surface area contributed by atoms with Crippen LogP contribution in [0.1, 0.15) is 25.5 Å². The van der Waals surface area contributed by atoms with Crippen molar-refractivity contribution in [2.45, 2.75) is 26.7 Å². The Morgan fingerprint density at radius 2 is 2.23 bits per heavy atom. The minimum atomic E-state index is -0.535. The molecule has 8 heteroatoms. The van der Waals surface area contributed by atoms with Crippen LogP contribution in [0.4, 0.5) is 5.69 Å². The van der Waals surface area contributed by atoms with Gasteiger partial charge < -0.3 is 25.1 Å². The standard InChI is InChI=1S/C22H27N5O3/c1-5-30-22(28)19(11-18(23)16-6-7-16)26-15(3)25-17-8-9-20(21(10-17)29-4)27-12-14(2)24-13-27/h8-13,16,25H,3,5-7,23H2,1-2,4H3/b18-11-,26-19?. The quantitative estimate of drug-likeness (QED) is 0.486. The number of hydrogen-bond donors (Lipinski definition) is 2. The normalized spacial score (nSPS) is 14.4. The molecule has 0 aliphatic heterocycles. The molecule has 0 spiro atoms. The zero-order valence-electron chi connectivity index (χ0n) is 17.5. The molecule has 1 heterocycles. The van der Waals surface area contributed by atoms with Crippen molar-refractivity contribution in [3.8, 4) is 11.4 Å². The summed E-state index contributed by atoms with van der Waals surface area (Å²) in [6.45, 7) is 7.82. The van der Waals surface area contributed by atoms with Crippen molar-refractivity contribution >= 4 is 17.4 Å². The monoisotopic (exact) mass is 409 g/mol. The predicted molar refractivity (Wildman–Crippen MR) is 117 cm³/mol. The molecule has 1 saturated carbocycles. The molecule has 2 aromatic rings. The highest BCUT2D eigenvalue weighted by Gasteiger charge is 2.25. The van der Waals surface area contributed by atoms with Gasteiger partial charge in [0.2, 0.25) is 0 Å². The first-order chi connectivity index (χ1) is 14.4. The third-order valence-electron chi connectivity index (χ3n) is 4.55. The largest absolute Gasteiger partial charge is 0.494 e. The first-order valence-corrected chi connectivity index (χ1v) is 9.79. The Kier molecular flexibility index (Phi) is 6.56. The molecule has 158 valence electrons. The van der Waals surface area contributed by atoms with Crippen LogP contribution in [0.2, 0.25) is 0 Å². The maximum absolute atomic E-state index is 12.3. The van der Waals surface area contributed by atoms with Crippen LogP contribution < -0.4 is 15.8 Å². The molecule has 1 aliphatic carbocycles. The summed E-state index contributed by atoms with van der Waals surface area (Å²) in [7, 11) is 1.60. The van der Waals surface area contributed by atoms with Gasteiger partial charge in [0.05, 0.1) is 31.4 Å². The van der Waals surface area contributed by atoms with Crippen molar-refractivity contribution in [1.82, 2.24) is 9.55 Å². The molecule has 8 nitrogen and oxygen atoms in total. The highest BCUT2D eigenvalue weighted by Crippen LogP contribution is 2.33. The number of aromatic nitrogens is 2. The number of methoxy groups -OCH3 is 1. The number of rotatable bonds is 9. The Morgan fingerprint density at radius 3 is 2.83 bits per heavy atom. The lowest BCUT2D eigenvalue weighted by Crippen LogP contribution is -2.18. The summed E-state index contributed by atoms with van der Waals surface area (Å²) in [5.74, 6) is 0.714. The number of hydrogen-bond acceptors (Lipinski definition) is 7. The second-order valence-corrected chi connectivity index (χ2v) is 7.02. The number of nitrogens with zero attached hydrogens (tertiary/aromatic N) is 3. The van der Waals surface area contributed by atoms with Gasteiger partial charge >= 0.3 is 5.97 Å². The Bertz CT molecular complexity index is 1000. The minimum Gasteiger partial charge on any atom is -0.494 e. The lowest BCUT2D eigenvalue weighted by Gasteiger charge is -2.13. The number of anilines is 1. The molecule has 30 heavy (non-hydrogen) atoms. The highest BCUT2D eigenvalue weighted by atomic mass is 16.5. The Hall–Kier alpha value is -3.55. The first-order valence-electron chi connectivity index (χ1n) is 9.79. The first kappa shape index (κ1) is 21.2. The van der Waals surface area contributed by atoms with Crippen LogP contribution in [0.25, 0.3) is 5.69 Å². The van der Waals surface area contributed by atoms with E-state index in [1.807, 2.05) is 35.9 Å². The minimum absolute atomic E-state index is 0.122. The average molecular weight is 409 g/mol. The highest BCUT2D eigenvalue weighted by molar-refractivity contribution is 6.41. The molecule has 3 rings (SSSR count). The van der Waals surface area contributed by atoms with E-state index in [1.54, 1.807) is 26.4 Å². The second kappa shape index (κ2) is 9.30. The summed E-state index contributed by atoms with van der Waals surface area (Å²) in [5, 5.41) is 3.08. The molecule has 0 atom stereocenters. The Balaban J connectivity index is 1.80. The molecule has 0 amide bonds. The molecule has 1 aromatic carbocycles. The van der Waals surface area contributed by atoms with E-state index in [0.29, 0.717) is 23.1 Å². The van der Waals surface area contributed by atoms with Gasteiger partial charge in [-0.25, -0.2) is 14.8 Å². The van der Waals surface area contributed by atoms with E-state index < -0.39 is 5.97 Å². The molecule has 1 aromatic heterocycles. The van der Waals surface area contributed by atoms with Crippen molar-refractivity contribution < 1.29 is 14.3 Å². The zero-order chi connectivity index (χ0) is 21.7. The molecule has 0 radical (unpaired) electrons. The summed E-state index contributed by atoms with van der Waals surface area (Å²) in [5.41, 5.74) is 9.28. The van der Waals surface area contributed by atoms with Crippen LogP contribution in [-0.2, 0) is 9.53 Å². The number of nitrogens with one attached hydrogen (secondary N) is 1. The topological polar surface area (TPSA) is 104 Å². The fourth-order valence-electron chi connectivity index (χ4n) is 2.90. The fourth-order valence-corrected chi connectivity index (χ4v) is 2.90. The van der Waals surface area contributed by atoms with Crippen molar-refractivity contribution in [3.05, 3.63) is 60.6 Å². The van der Waals surface area contributed by atoms with Crippen LogP contribution in [0.3, 0.4) is 0 Å². The summed E-state index contributed by atoms with van der Waals surface area (Å²) < 4.78 is 12.5. The lowest BCUT2D eigenvalue weighted by atomic mass is 10.2. The molecule has 3 N–H and O–H groups in total. The number of carbonyl (C=O) groups is 1. The Labute approximate surface area is 176 Å². The summed E-state index contributed by atoms with van der Waals surface area (Å²) in [4.78, 5) is 20.8. The average Bonchev–Trinajstić information content (AvgIpc) is 3.48. The van der Waals surface area contributed by atoms with Crippen molar-refractivity contribution in [2.24, 2.45) is 16.6 Å². The van der Waals surface area contributed by atoms with Crippen molar-refractivity contribution in [1.29, 1.82) is 0 Å². The van der Waals surface area contributed by atoms with E-state index >= 15 is 0 Å². The number of aliphatic imine (C=N–C) groups is 1. The fraction of sp³-hybridized carbons (Fsp3) is 0.318. The number of aryl methyl sites for hydroxylation is 1. The van der Waals surface area contributed by atoms with Gasteiger partial charge in [0.1, 0.15) is 11.6 Å². The van der Waals surface area contributed by atoms with Gasteiger partial charge in [-0.05, 0) is 50.8 Å². The second-order valence-electron chi connectivity index (χ2n) is 7.02. The van der Waals surface area contributed by atoms with E-state index in [2.05, 4.69) is 21.9 Å².